The fourth-order valence-corrected chi connectivity index (χ4v) is 6.35. The van der Waals surface area contributed by atoms with Crippen LogP contribution in [0.4, 0.5) is 0 Å². The van der Waals surface area contributed by atoms with Crippen molar-refractivity contribution in [2.75, 3.05) is 26.8 Å². The fourth-order valence-electron chi connectivity index (χ4n) is 5.60. The summed E-state index contributed by atoms with van der Waals surface area (Å²) in [6.07, 6.45) is 9.31. The van der Waals surface area contributed by atoms with Crippen LogP contribution in [0.5, 0.6) is 0 Å². The molecular weight excluding hydrogens is 508 g/mol. The zero-order valence-corrected chi connectivity index (χ0v) is 24.3. The molecule has 6 rings (SSSR count). The van der Waals surface area contributed by atoms with Gasteiger partial charge in [-0.05, 0) is 56.7 Å². The van der Waals surface area contributed by atoms with E-state index in [4.69, 9.17) is 14.5 Å². The number of hydrogen-bond donors (Lipinski definition) is 1. The molecule has 9 nitrogen and oxygen atoms in total. The zero-order chi connectivity index (χ0) is 27.1. The number of nitrogens with one attached hydrogen (secondary N) is 1. The fraction of sp³-hybridized carbons (Fsp3) is 0.483. The molecule has 2 fully saturated rings. The van der Waals surface area contributed by atoms with Crippen molar-refractivity contribution in [3.8, 4) is 0 Å². The number of fused-ring (bicyclic) bond motifs is 2. The summed E-state index contributed by atoms with van der Waals surface area (Å²) in [5.41, 5.74) is 4.71. The van der Waals surface area contributed by atoms with Crippen LogP contribution in [0, 0.1) is 0 Å². The molecule has 0 aromatic carbocycles. The van der Waals surface area contributed by atoms with Gasteiger partial charge in [0, 0.05) is 49.8 Å². The van der Waals surface area contributed by atoms with Gasteiger partial charge < -0.3 is 23.8 Å². The normalized spacial score (nSPS) is 22.0. The van der Waals surface area contributed by atoms with E-state index in [0.29, 0.717) is 24.9 Å². The molecule has 4 aromatic rings. The standard InChI is InChI=1S/C29H38N6O3Si/c1-33-8-5-6-25(33)27-13-21-15-31-23(14-26(21)35(27)19-37-10-11-39(2,3)4)28-24(17-38-28)32-29(36)20-7-9-34-18-30-16-22(34)12-20/h7,9,12-16,18,24-25,28H,5-6,8,10-11,17,19H2,1-4H3,(H,32,36)/t24?,25-,28?/m1/s1. The Morgan fingerprint density at radius 1 is 1.23 bits per heavy atom. The molecule has 0 spiro atoms. The Morgan fingerprint density at radius 3 is 2.85 bits per heavy atom. The van der Waals surface area contributed by atoms with E-state index >= 15 is 0 Å². The average Bonchev–Trinajstić information content (AvgIpc) is 3.61. The first-order valence-electron chi connectivity index (χ1n) is 13.9. The Labute approximate surface area is 230 Å². The molecule has 1 N–H and O–H groups in total. The second kappa shape index (κ2) is 10.5. The van der Waals surface area contributed by atoms with Crippen molar-refractivity contribution in [1.82, 2.24) is 29.2 Å². The van der Waals surface area contributed by atoms with Crippen LogP contribution in [0.15, 0.2) is 49.2 Å². The minimum absolute atomic E-state index is 0.121. The largest absolute Gasteiger partial charge is 0.367 e. The number of likely N-dealkylation sites (tertiary alicyclic amines) is 1. The van der Waals surface area contributed by atoms with Gasteiger partial charge in [-0.15, -0.1) is 0 Å². The minimum Gasteiger partial charge on any atom is -0.367 e. The van der Waals surface area contributed by atoms with Gasteiger partial charge in [-0.2, -0.15) is 0 Å². The molecule has 0 bridgehead atoms. The van der Waals surface area contributed by atoms with Crippen LogP contribution in [0.3, 0.4) is 0 Å². The maximum Gasteiger partial charge on any atom is 0.251 e. The lowest BCUT2D eigenvalue weighted by Crippen LogP contribution is -2.51. The highest BCUT2D eigenvalue weighted by Gasteiger charge is 2.36. The second-order valence-corrected chi connectivity index (χ2v) is 17.7. The van der Waals surface area contributed by atoms with E-state index < -0.39 is 8.07 Å². The Bertz CT molecular complexity index is 1490. The van der Waals surface area contributed by atoms with Crippen molar-refractivity contribution in [3.05, 3.63) is 66.1 Å². The van der Waals surface area contributed by atoms with E-state index in [9.17, 15) is 4.79 Å². The molecule has 1 amide bonds. The molecule has 0 aliphatic carbocycles. The number of amides is 1. The number of hydrogen-bond acceptors (Lipinski definition) is 6. The van der Waals surface area contributed by atoms with Gasteiger partial charge in [-0.3, -0.25) is 14.7 Å². The molecule has 2 saturated heterocycles. The first-order valence-corrected chi connectivity index (χ1v) is 17.6. The summed E-state index contributed by atoms with van der Waals surface area (Å²) in [6, 6.07) is 9.42. The third-order valence-electron chi connectivity index (χ3n) is 8.02. The lowest BCUT2D eigenvalue weighted by molar-refractivity contribution is -0.0883. The third kappa shape index (κ3) is 5.38. The van der Waals surface area contributed by atoms with Crippen LogP contribution in [-0.4, -0.2) is 70.7 Å². The predicted molar refractivity (Wildman–Crippen MR) is 154 cm³/mol. The number of aromatic nitrogens is 4. The van der Waals surface area contributed by atoms with Crippen molar-refractivity contribution in [2.45, 2.75) is 63.4 Å². The molecule has 2 unspecified atom stereocenters. The number of rotatable bonds is 9. The Hall–Kier alpha value is -3.05. The predicted octanol–water partition coefficient (Wildman–Crippen LogP) is 4.63. The molecule has 2 aliphatic rings. The molecular formula is C29H38N6O3Si. The summed E-state index contributed by atoms with van der Waals surface area (Å²) in [5.74, 6) is -0.121. The highest BCUT2D eigenvalue weighted by atomic mass is 28.3. The number of nitrogens with zero attached hydrogens (tertiary/aromatic N) is 5. The van der Waals surface area contributed by atoms with Gasteiger partial charge in [0.15, 0.2) is 0 Å². The third-order valence-corrected chi connectivity index (χ3v) is 9.73. The van der Waals surface area contributed by atoms with E-state index in [1.165, 1.54) is 12.1 Å². The second-order valence-electron chi connectivity index (χ2n) is 12.1. The van der Waals surface area contributed by atoms with Gasteiger partial charge in [0.1, 0.15) is 12.8 Å². The van der Waals surface area contributed by atoms with Crippen LogP contribution in [0.25, 0.3) is 16.4 Å². The highest BCUT2D eigenvalue weighted by Crippen LogP contribution is 2.36. The van der Waals surface area contributed by atoms with E-state index in [0.717, 1.165) is 47.7 Å². The number of carbonyl (C=O) groups is 1. The van der Waals surface area contributed by atoms with Crippen LogP contribution in [-0.2, 0) is 16.2 Å². The van der Waals surface area contributed by atoms with E-state index in [2.05, 4.69) is 58.6 Å². The first-order chi connectivity index (χ1) is 18.8. The first kappa shape index (κ1) is 26.2. The molecule has 10 heteroatoms. The lowest BCUT2D eigenvalue weighted by atomic mass is 10.0. The Kier molecular flexibility index (Phi) is 7.05. The molecule has 206 valence electrons. The molecule has 3 atom stereocenters. The topological polar surface area (TPSA) is 85.9 Å². The van der Waals surface area contributed by atoms with Crippen molar-refractivity contribution in [3.63, 3.8) is 0 Å². The average molecular weight is 547 g/mol. The smallest absolute Gasteiger partial charge is 0.251 e. The monoisotopic (exact) mass is 546 g/mol. The molecule has 0 saturated carbocycles. The van der Waals surface area contributed by atoms with Crippen LogP contribution < -0.4 is 5.32 Å². The van der Waals surface area contributed by atoms with Gasteiger partial charge in [-0.1, -0.05) is 19.6 Å². The van der Waals surface area contributed by atoms with Crippen LogP contribution in [0.2, 0.25) is 25.7 Å². The van der Waals surface area contributed by atoms with Crippen molar-refractivity contribution < 1.29 is 14.3 Å². The summed E-state index contributed by atoms with van der Waals surface area (Å²) in [7, 11) is 1.04. The summed E-state index contributed by atoms with van der Waals surface area (Å²) in [6.45, 7) is 10.0. The molecule has 0 radical (unpaired) electrons. The number of pyridine rings is 2. The van der Waals surface area contributed by atoms with Gasteiger partial charge in [0.05, 0.1) is 41.9 Å². The molecule has 6 heterocycles. The molecule has 2 aliphatic heterocycles. The summed E-state index contributed by atoms with van der Waals surface area (Å²) in [4.78, 5) is 24.4. The number of carbonyl (C=O) groups excluding carboxylic acids is 1. The van der Waals surface area contributed by atoms with Crippen molar-refractivity contribution in [2.24, 2.45) is 0 Å². The summed E-state index contributed by atoms with van der Waals surface area (Å²) >= 11 is 0. The minimum atomic E-state index is -1.17. The highest BCUT2D eigenvalue weighted by molar-refractivity contribution is 6.76. The zero-order valence-electron chi connectivity index (χ0n) is 23.3. The van der Waals surface area contributed by atoms with Crippen molar-refractivity contribution >= 4 is 30.4 Å². The van der Waals surface area contributed by atoms with Gasteiger partial charge in [-0.25, -0.2) is 4.98 Å². The van der Waals surface area contributed by atoms with Gasteiger partial charge >= 0.3 is 0 Å². The number of imidazole rings is 1. The maximum atomic E-state index is 13.0. The summed E-state index contributed by atoms with van der Waals surface area (Å²) < 4.78 is 16.4. The Morgan fingerprint density at radius 2 is 2.10 bits per heavy atom. The number of ether oxygens (including phenoxy) is 2. The van der Waals surface area contributed by atoms with Crippen LogP contribution in [0.1, 0.15) is 46.7 Å². The van der Waals surface area contributed by atoms with Gasteiger partial charge in [0.25, 0.3) is 5.91 Å². The molecule has 39 heavy (non-hydrogen) atoms. The van der Waals surface area contributed by atoms with E-state index in [-0.39, 0.29) is 18.1 Å². The maximum absolute atomic E-state index is 13.0. The Balaban J connectivity index is 1.23. The SMILES string of the molecule is CN1CCC[C@@H]1c1cc2cnc(C3OCC3NC(=O)c3ccn4cncc4c3)cc2n1COCC[Si](C)(C)C. The lowest BCUT2D eigenvalue weighted by Gasteiger charge is -2.36. The van der Waals surface area contributed by atoms with E-state index in [1.54, 1.807) is 18.6 Å². The molecule has 4 aromatic heterocycles. The quantitative estimate of drug-likeness (QED) is 0.243. The van der Waals surface area contributed by atoms with Crippen molar-refractivity contribution in [1.29, 1.82) is 0 Å². The van der Waals surface area contributed by atoms with E-state index in [1.807, 2.05) is 22.9 Å². The van der Waals surface area contributed by atoms with Crippen LogP contribution >= 0.6 is 0 Å². The van der Waals surface area contributed by atoms with Gasteiger partial charge in [0.2, 0.25) is 0 Å². The summed E-state index contributed by atoms with van der Waals surface area (Å²) in [5, 5.41) is 4.25.